The minimum Gasteiger partial charge on any atom is -0.497 e. The number of hydrogen-bond donors (Lipinski definition) is 0. The van der Waals surface area contributed by atoms with E-state index in [9.17, 15) is 4.79 Å². The summed E-state index contributed by atoms with van der Waals surface area (Å²) in [4.78, 5) is 12.7. The molecule has 1 saturated carbocycles. The molecule has 3 heteroatoms. The van der Waals surface area contributed by atoms with Crippen molar-refractivity contribution in [1.29, 1.82) is 0 Å². The van der Waals surface area contributed by atoms with Crippen molar-refractivity contribution >= 4 is 5.97 Å². The molecule has 22 heavy (non-hydrogen) atoms. The standard InChI is InChI=1S/C19H18O3/c1-18(2)16(12-8-10-13(21-3)11-9-12)19(18)14-6-4-5-7-15(14)22-17(19)20/h4-11,16H,1-3H3/t16-,19-/m1/s1. The lowest BCUT2D eigenvalue weighted by molar-refractivity contribution is -0.136. The quantitative estimate of drug-likeness (QED) is 0.626. The molecule has 1 aliphatic heterocycles. The molecular formula is C19H18O3. The van der Waals surface area contributed by atoms with E-state index in [0.717, 1.165) is 16.9 Å². The zero-order chi connectivity index (χ0) is 15.5. The normalized spacial score (nSPS) is 27.4. The highest BCUT2D eigenvalue weighted by molar-refractivity contribution is 5.97. The predicted octanol–water partition coefficient (Wildman–Crippen LogP) is 3.68. The van der Waals surface area contributed by atoms with Crippen LogP contribution in [0.2, 0.25) is 0 Å². The first-order valence-corrected chi connectivity index (χ1v) is 7.49. The number of benzene rings is 2. The minimum absolute atomic E-state index is 0.125. The topological polar surface area (TPSA) is 35.5 Å². The smallest absolute Gasteiger partial charge is 0.323 e. The van der Waals surface area contributed by atoms with Gasteiger partial charge in [-0.05, 0) is 29.2 Å². The molecule has 2 aromatic carbocycles. The van der Waals surface area contributed by atoms with E-state index in [0.29, 0.717) is 5.75 Å². The highest BCUT2D eigenvalue weighted by Gasteiger charge is 2.80. The molecule has 1 aliphatic carbocycles. The molecular weight excluding hydrogens is 276 g/mol. The molecule has 0 N–H and O–H groups in total. The van der Waals surface area contributed by atoms with E-state index in [1.54, 1.807) is 7.11 Å². The predicted molar refractivity (Wildman–Crippen MR) is 83.3 cm³/mol. The van der Waals surface area contributed by atoms with E-state index in [1.165, 1.54) is 0 Å². The number of hydrogen-bond acceptors (Lipinski definition) is 3. The third-order valence-corrected chi connectivity index (χ3v) is 5.37. The molecule has 0 unspecified atom stereocenters. The number of rotatable bonds is 2. The summed E-state index contributed by atoms with van der Waals surface area (Å²) in [7, 11) is 1.65. The zero-order valence-corrected chi connectivity index (χ0v) is 12.9. The second-order valence-electron chi connectivity index (χ2n) is 6.62. The molecule has 2 aromatic rings. The Hall–Kier alpha value is -2.29. The number of fused-ring (bicyclic) bond motifs is 2. The van der Waals surface area contributed by atoms with Gasteiger partial charge in [0.05, 0.1) is 7.11 Å². The van der Waals surface area contributed by atoms with Crippen molar-refractivity contribution in [3.8, 4) is 11.5 Å². The number of methoxy groups -OCH3 is 1. The highest BCUT2D eigenvalue weighted by Crippen LogP contribution is 2.77. The van der Waals surface area contributed by atoms with Crippen LogP contribution in [0.15, 0.2) is 48.5 Å². The Bertz CT molecular complexity index is 761. The van der Waals surface area contributed by atoms with E-state index in [1.807, 2.05) is 48.5 Å². The average Bonchev–Trinajstić information content (AvgIpc) is 2.89. The summed E-state index contributed by atoms with van der Waals surface area (Å²) in [5.74, 6) is 1.53. The molecule has 0 radical (unpaired) electrons. The fourth-order valence-corrected chi connectivity index (χ4v) is 4.28. The van der Waals surface area contributed by atoms with Crippen LogP contribution in [0.4, 0.5) is 0 Å². The molecule has 0 bridgehead atoms. The third kappa shape index (κ3) is 1.39. The van der Waals surface area contributed by atoms with Crippen LogP contribution in [-0.2, 0) is 10.2 Å². The molecule has 3 nitrogen and oxygen atoms in total. The van der Waals surface area contributed by atoms with Crippen LogP contribution < -0.4 is 9.47 Å². The van der Waals surface area contributed by atoms with Crippen LogP contribution in [0.25, 0.3) is 0 Å². The average molecular weight is 294 g/mol. The molecule has 0 amide bonds. The Balaban J connectivity index is 1.84. The number of ether oxygens (including phenoxy) is 2. The second kappa shape index (κ2) is 4.13. The van der Waals surface area contributed by atoms with Gasteiger partial charge in [-0.25, -0.2) is 0 Å². The van der Waals surface area contributed by atoms with Crippen LogP contribution in [0.3, 0.4) is 0 Å². The molecule has 112 valence electrons. The maximum atomic E-state index is 12.7. The highest BCUT2D eigenvalue weighted by atomic mass is 16.5. The van der Waals surface area contributed by atoms with Crippen LogP contribution in [0.5, 0.6) is 11.5 Å². The van der Waals surface area contributed by atoms with Crippen LogP contribution in [0, 0.1) is 5.41 Å². The van der Waals surface area contributed by atoms with Gasteiger partial charge in [-0.1, -0.05) is 44.2 Å². The molecule has 0 aromatic heterocycles. The number of esters is 1. The van der Waals surface area contributed by atoms with Gasteiger partial charge < -0.3 is 9.47 Å². The number of para-hydroxylation sites is 1. The van der Waals surface area contributed by atoms with E-state index < -0.39 is 5.41 Å². The Labute approximate surface area is 129 Å². The van der Waals surface area contributed by atoms with Gasteiger partial charge in [0.25, 0.3) is 0 Å². The summed E-state index contributed by atoms with van der Waals surface area (Å²) < 4.78 is 10.8. The summed E-state index contributed by atoms with van der Waals surface area (Å²) in [6.07, 6.45) is 0. The summed E-state index contributed by atoms with van der Waals surface area (Å²) in [6, 6.07) is 15.8. The fourth-order valence-electron chi connectivity index (χ4n) is 4.28. The van der Waals surface area contributed by atoms with Crippen molar-refractivity contribution in [2.45, 2.75) is 25.2 Å². The van der Waals surface area contributed by atoms with Crippen molar-refractivity contribution in [3.05, 3.63) is 59.7 Å². The maximum absolute atomic E-state index is 12.7. The van der Waals surface area contributed by atoms with Crippen LogP contribution in [0.1, 0.15) is 30.9 Å². The van der Waals surface area contributed by atoms with Gasteiger partial charge in [0.15, 0.2) is 0 Å². The first kappa shape index (κ1) is 13.4. The number of carbonyl (C=O) groups is 1. The molecule has 0 saturated heterocycles. The first-order chi connectivity index (χ1) is 10.5. The SMILES string of the molecule is COc1ccc([C@@H]2C(C)(C)[C@@]23C(=O)Oc2ccccc23)cc1. The van der Waals surface area contributed by atoms with E-state index in [-0.39, 0.29) is 17.3 Å². The van der Waals surface area contributed by atoms with Gasteiger partial charge >= 0.3 is 5.97 Å². The Morgan fingerprint density at radius 1 is 1.05 bits per heavy atom. The lowest BCUT2D eigenvalue weighted by atomic mass is 9.88. The Morgan fingerprint density at radius 2 is 1.73 bits per heavy atom. The Morgan fingerprint density at radius 3 is 2.41 bits per heavy atom. The lowest BCUT2D eigenvalue weighted by Gasteiger charge is -2.09. The summed E-state index contributed by atoms with van der Waals surface area (Å²) in [6.45, 7) is 4.29. The fraction of sp³-hybridized carbons (Fsp3) is 0.316. The monoisotopic (exact) mass is 294 g/mol. The second-order valence-corrected chi connectivity index (χ2v) is 6.62. The largest absolute Gasteiger partial charge is 0.497 e. The van der Waals surface area contributed by atoms with E-state index in [4.69, 9.17) is 9.47 Å². The van der Waals surface area contributed by atoms with Gasteiger partial charge in [-0.15, -0.1) is 0 Å². The van der Waals surface area contributed by atoms with Crippen molar-refractivity contribution in [1.82, 2.24) is 0 Å². The van der Waals surface area contributed by atoms with Gasteiger partial charge in [0.2, 0.25) is 0 Å². The van der Waals surface area contributed by atoms with Crippen molar-refractivity contribution < 1.29 is 14.3 Å². The van der Waals surface area contributed by atoms with Gasteiger partial charge in [-0.3, -0.25) is 4.79 Å². The molecule has 2 atom stereocenters. The summed E-state index contributed by atoms with van der Waals surface area (Å²) in [5.41, 5.74) is 1.45. The third-order valence-electron chi connectivity index (χ3n) is 5.37. The molecule has 1 fully saturated rings. The maximum Gasteiger partial charge on any atom is 0.323 e. The van der Waals surface area contributed by atoms with Crippen LogP contribution >= 0.6 is 0 Å². The lowest BCUT2D eigenvalue weighted by Crippen LogP contribution is -2.24. The molecule has 1 spiro atoms. The summed E-state index contributed by atoms with van der Waals surface area (Å²) >= 11 is 0. The zero-order valence-electron chi connectivity index (χ0n) is 12.9. The van der Waals surface area contributed by atoms with Crippen LogP contribution in [-0.4, -0.2) is 13.1 Å². The van der Waals surface area contributed by atoms with Crippen molar-refractivity contribution in [3.63, 3.8) is 0 Å². The van der Waals surface area contributed by atoms with Crippen molar-refractivity contribution in [2.24, 2.45) is 5.41 Å². The minimum atomic E-state index is -0.557. The van der Waals surface area contributed by atoms with Gasteiger partial charge in [-0.2, -0.15) is 0 Å². The van der Waals surface area contributed by atoms with Crippen molar-refractivity contribution in [2.75, 3.05) is 7.11 Å². The summed E-state index contributed by atoms with van der Waals surface area (Å²) in [5, 5.41) is 0. The Kier molecular flexibility index (Phi) is 2.51. The molecule has 1 heterocycles. The molecule has 2 aliphatic rings. The first-order valence-electron chi connectivity index (χ1n) is 7.49. The molecule has 4 rings (SSSR count). The van der Waals surface area contributed by atoms with Gasteiger partial charge in [0.1, 0.15) is 16.9 Å². The number of carbonyl (C=O) groups excluding carboxylic acids is 1. The van der Waals surface area contributed by atoms with E-state index in [2.05, 4.69) is 13.8 Å². The van der Waals surface area contributed by atoms with E-state index >= 15 is 0 Å². The van der Waals surface area contributed by atoms with Gasteiger partial charge in [0, 0.05) is 11.5 Å².